The Balaban J connectivity index is 2.69. The van der Waals surface area contributed by atoms with Gasteiger partial charge in [-0.15, -0.1) is 0 Å². The number of rotatable bonds is 5. The third-order valence-electron chi connectivity index (χ3n) is 2.59. The van der Waals surface area contributed by atoms with Gasteiger partial charge in [-0.25, -0.2) is 0 Å². The van der Waals surface area contributed by atoms with Gasteiger partial charge < -0.3 is 5.11 Å². The van der Waals surface area contributed by atoms with Crippen molar-refractivity contribution in [1.82, 2.24) is 0 Å². The van der Waals surface area contributed by atoms with Gasteiger partial charge in [-0.3, -0.25) is 0 Å². The number of aromatic hydroxyl groups is 1. The fourth-order valence-electron chi connectivity index (χ4n) is 1.79. The van der Waals surface area contributed by atoms with Gasteiger partial charge in [0, 0.05) is 0 Å². The molecule has 0 spiro atoms. The van der Waals surface area contributed by atoms with Crippen LogP contribution >= 0.6 is 0 Å². The Hall–Kier alpha value is -0.980. The predicted molar refractivity (Wildman–Crippen MR) is 65.3 cm³/mol. The van der Waals surface area contributed by atoms with Gasteiger partial charge in [0.2, 0.25) is 0 Å². The minimum absolute atomic E-state index is 0.474. The fourth-order valence-corrected chi connectivity index (χ4v) is 1.79. The average molecular weight is 206 g/mol. The molecule has 0 heterocycles. The van der Waals surface area contributed by atoms with E-state index < -0.39 is 0 Å². The highest BCUT2D eigenvalue weighted by atomic mass is 16.3. The predicted octanol–water partition coefficient (Wildman–Crippen LogP) is 3.93. The first-order valence-electron chi connectivity index (χ1n) is 5.94. The molecule has 15 heavy (non-hydrogen) atoms. The molecule has 1 rings (SSSR count). The number of aryl methyl sites for hydroxylation is 1. The van der Waals surface area contributed by atoms with Crippen molar-refractivity contribution in [3.63, 3.8) is 0 Å². The summed E-state index contributed by atoms with van der Waals surface area (Å²) in [7, 11) is 0. The van der Waals surface area contributed by atoms with Crippen molar-refractivity contribution < 1.29 is 5.11 Å². The molecule has 0 saturated heterocycles. The van der Waals surface area contributed by atoms with Crippen LogP contribution in [-0.2, 0) is 12.8 Å². The van der Waals surface area contributed by atoms with Crippen molar-refractivity contribution in [1.29, 1.82) is 0 Å². The van der Waals surface area contributed by atoms with Crippen LogP contribution in [0.1, 0.15) is 44.7 Å². The standard InChI is InChI=1S/C14H22O/c1-4-5-6-13-8-7-12(9-11(2)3)10-14(13)15/h7-8,10-11,15H,4-6,9H2,1-3H3. The molecule has 0 aliphatic carbocycles. The Bertz CT molecular complexity index is 302. The SMILES string of the molecule is CCCCc1ccc(CC(C)C)cc1O. The second kappa shape index (κ2) is 5.79. The summed E-state index contributed by atoms with van der Waals surface area (Å²) < 4.78 is 0. The summed E-state index contributed by atoms with van der Waals surface area (Å²) in [6.45, 7) is 6.56. The first kappa shape index (κ1) is 12.1. The largest absolute Gasteiger partial charge is 0.508 e. The number of benzene rings is 1. The maximum atomic E-state index is 9.83. The van der Waals surface area contributed by atoms with Gasteiger partial charge in [-0.1, -0.05) is 39.3 Å². The lowest BCUT2D eigenvalue weighted by Crippen LogP contribution is -1.95. The van der Waals surface area contributed by atoms with Crippen molar-refractivity contribution in [2.45, 2.75) is 46.5 Å². The van der Waals surface area contributed by atoms with E-state index in [0.717, 1.165) is 24.8 Å². The Labute approximate surface area is 93.1 Å². The molecule has 0 aliphatic rings. The molecule has 1 aromatic rings. The zero-order valence-electron chi connectivity index (χ0n) is 10.1. The molecule has 0 amide bonds. The minimum Gasteiger partial charge on any atom is -0.508 e. The van der Waals surface area contributed by atoms with E-state index in [1.54, 1.807) is 0 Å². The molecule has 1 aromatic carbocycles. The fraction of sp³-hybridized carbons (Fsp3) is 0.571. The highest BCUT2D eigenvalue weighted by Gasteiger charge is 2.03. The number of hydrogen-bond donors (Lipinski definition) is 1. The van der Waals surface area contributed by atoms with Gasteiger partial charge in [0.25, 0.3) is 0 Å². The molecular formula is C14H22O. The molecule has 0 atom stereocenters. The van der Waals surface area contributed by atoms with Crippen LogP contribution in [0.2, 0.25) is 0 Å². The quantitative estimate of drug-likeness (QED) is 0.773. The van der Waals surface area contributed by atoms with Crippen LogP contribution in [0.5, 0.6) is 5.75 Å². The molecule has 1 N–H and O–H groups in total. The van der Waals surface area contributed by atoms with Crippen LogP contribution in [0, 0.1) is 5.92 Å². The van der Waals surface area contributed by atoms with Gasteiger partial charge in [0.15, 0.2) is 0 Å². The van der Waals surface area contributed by atoms with E-state index >= 15 is 0 Å². The summed E-state index contributed by atoms with van der Waals surface area (Å²) in [6, 6.07) is 6.14. The van der Waals surface area contributed by atoms with Crippen molar-refractivity contribution >= 4 is 0 Å². The topological polar surface area (TPSA) is 20.2 Å². The van der Waals surface area contributed by atoms with Crippen molar-refractivity contribution in [3.8, 4) is 5.75 Å². The molecule has 84 valence electrons. The van der Waals surface area contributed by atoms with Gasteiger partial charge in [0.1, 0.15) is 5.75 Å². The van der Waals surface area contributed by atoms with E-state index in [9.17, 15) is 5.11 Å². The molecule has 0 aromatic heterocycles. The Morgan fingerprint density at radius 1 is 1.27 bits per heavy atom. The summed E-state index contributed by atoms with van der Waals surface area (Å²) in [5.41, 5.74) is 2.33. The van der Waals surface area contributed by atoms with Gasteiger partial charge in [0.05, 0.1) is 0 Å². The van der Waals surface area contributed by atoms with Gasteiger partial charge in [-0.2, -0.15) is 0 Å². The van der Waals surface area contributed by atoms with Crippen molar-refractivity contribution in [2.75, 3.05) is 0 Å². The zero-order chi connectivity index (χ0) is 11.3. The Morgan fingerprint density at radius 3 is 2.53 bits per heavy atom. The first-order valence-corrected chi connectivity index (χ1v) is 5.94. The van der Waals surface area contributed by atoms with Crippen LogP contribution in [0.15, 0.2) is 18.2 Å². The molecular weight excluding hydrogens is 184 g/mol. The lowest BCUT2D eigenvalue weighted by molar-refractivity contribution is 0.465. The maximum Gasteiger partial charge on any atom is 0.119 e. The van der Waals surface area contributed by atoms with Crippen molar-refractivity contribution in [3.05, 3.63) is 29.3 Å². The second-order valence-corrected chi connectivity index (χ2v) is 4.66. The molecule has 0 aliphatic heterocycles. The summed E-state index contributed by atoms with van der Waals surface area (Å²) >= 11 is 0. The zero-order valence-corrected chi connectivity index (χ0v) is 10.1. The monoisotopic (exact) mass is 206 g/mol. The van der Waals surface area contributed by atoms with E-state index in [1.165, 1.54) is 12.0 Å². The molecule has 0 fully saturated rings. The molecule has 0 radical (unpaired) electrons. The van der Waals surface area contributed by atoms with Crippen LogP contribution in [0.3, 0.4) is 0 Å². The number of phenols is 1. The summed E-state index contributed by atoms with van der Waals surface area (Å²) in [5, 5.41) is 9.83. The highest BCUT2D eigenvalue weighted by Crippen LogP contribution is 2.22. The Morgan fingerprint density at radius 2 is 2.00 bits per heavy atom. The number of hydrogen-bond acceptors (Lipinski definition) is 1. The lowest BCUT2D eigenvalue weighted by Gasteiger charge is -2.08. The first-order chi connectivity index (χ1) is 7.13. The third kappa shape index (κ3) is 3.94. The van der Waals surface area contributed by atoms with Crippen LogP contribution in [0.4, 0.5) is 0 Å². The van der Waals surface area contributed by atoms with E-state index in [1.807, 2.05) is 6.07 Å². The molecule has 1 heteroatoms. The van der Waals surface area contributed by atoms with Crippen molar-refractivity contribution in [2.24, 2.45) is 5.92 Å². The molecule has 0 saturated carbocycles. The molecule has 1 nitrogen and oxygen atoms in total. The van der Waals surface area contributed by atoms with Crippen LogP contribution < -0.4 is 0 Å². The van der Waals surface area contributed by atoms with Gasteiger partial charge >= 0.3 is 0 Å². The second-order valence-electron chi connectivity index (χ2n) is 4.66. The molecule has 0 bridgehead atoms. The molecule has 0 unspecified atom stereocenters. The van der Waals surface area contributed by atoms with E-state index in [0.29, 0.717) is 11.7 Å². The van der Waals surface area contributed by atoms with E-state index in [2.05, 4.69) is 32.9 Å². The average Bonchev–Trinajstić information content (AvgIpc) is 2.15. The van der Waals surface area contributed by atoms with Crippen LogP contribution in [-0.4, -0.2) is 5.11 Å². The highest BCUT2D eigenvalue weighted by molar-refractivity contribution is 5.36. The third-order valence-corrected chi connectivity index (χ3v) is 2.59. The normalized spacial score (nSPS) is 10.9. The van der Waals surface area contributed by atoms with E-state index in [4.69, 9.17) is 0 Å². The maximum absolute atomic E-state index is 9.83. The summed E-state index contributed by atoms with van der Waals surface area (Å²) in [5.74, 6) is 1.12. The minimum atomic E-state index is 0.474. The van der Waals surface area contributed by atoms with Gasteiger partial charge in [-0.05, 0) is 42.4 Å². The van der Waals surface area contributed by atoms with E-state index in [-0.39, 0.29) is 0 Å². The number of unbranched alkanes of at least 4 members (excludes halogenated alkanes) is 1. The lowest BCUT2D eigenvalue weighted by atomic mass is 9.99. The summed E-state index contributed by atoms with van der Waals surface area (Å²) in [4.78, 5) is 0. The number of phenolic OH excluding ortho intramolecular Hbond substituents is 1. The smallest absolute Gasteiger partial charge is 0.119 e. The Kier molecular flexibility index (Phi) is 4.67. The van der Waals surface area contributed by atoms with Crippen LogP contribution in [0.25, 0.3) is 0 Å². The summed E-state index contributed by atoms with van der Waals surface area (Å²) in [6.07, 6.45) is 4.36.